The van der Waals surface area contributed by atoms with Crippen LogP contribution in [0.3, 0.4) is 0 Å². The Morgan fingerprint density at radius 1 is 1.33 bits per heavy atom. The Bertz CT molecular complexity index is 396. The number of nitrogens with two attached hydrogens (primary N) is 3. The molecule has 0 heterocycles. The Kier molecular flexibility index (Phi) is 3.89. The number of Topliss-reactive ketones (excluding diaryl/α,β-unsaturated/α-hetero) is 2. The van der Waals surface area contributed by atoms with Crippen LogP contribution in [0.1, 0.15) is 26.2 Å². The van der Waals surface area contributed by atoms with E-state index < -0.39 is 41.1 Å². The van der Waals surface area contributed by atoms with E-state index in [1.54, 1.807) is 0 Å². The van der Waals surface area contributed by atoms with Crippen LogP contribution >= 0.6 is 0 Å². The first kappa shape index (κ1) is 14.7. The topological polar surface area (TPSA) is 150 Å². The van der Waals surface area contributed by atoms with Crippen molar-refractivity contribution < 1.29 is 19.5 Å². The fourth-order valence-electron chi connectivity index (χ4n) is 2.79. The first-order valence-electron chi connectivity index (χ1n) is 5.79. The van der Waals surface area contributed by atoms with Crippen LogP contribution in [0.4, 0.5) is 0 Å². The van der Waals surface area contributed by atoms with Gasteiger partial charge < -0.3 is 22.3 Å². The summed E-state index contributed by atoms with van der Waals surface area (Å²) < 4.78 is 0. The molecule has 1 rings (SSSR count). The number of carboxylic acid groups (broad SMARTS) is 1. The number of carbonyl (C=O) groups is 3. The zero-order valence-electron chi connectivity index (χ0n) is 10.3. The molecule has 0 aliphatic heterocycles. The number of rotatable bonds is 5. The van der Waals surface area contributed by atoms with E-state index in [0.29, 0.717) is 6.42 Å². The first-order valence-corrected chi connectivity index (χ1v) is 5.79. The van der Waals surface area contributed by atoms with Gasteiger partial charge in [-0.15, -0.1) is 0 Å². The lowest BCUT2D eigenvalue weighted by Crippen LogP contribution is -2.67. The van der Waals surface area contributed by atoms with Gasteiger partial charge in [-0.05, 0) is 26.2 Å². The van der Waals surface area contributed by atoms with Crippen molar-refractivity contribution in [1.82, 2.24) is 0 Å². The Labute approximate surface area is 105 Å². The summed E-state index contributed by atoms with van der Waals surface area (Å²) in [5.74, 6) is -2.65. The van der Waals surface area contributed by atoms with E-state index in [2.05, 4.69) is 0 Å². The van der Waals surface area contributed by atoms with E-state index in [1.165, 1.54) is 6.92 Å². The summed E-state index contributed by atoms with van der Waals surface area (Å²) >= 11 is 0. The Morgan fingerprint density at radius 3 is 2.28 bits per heavy atom. The molecule has 0 bridgehead atoms. The SMILES string of the molecule is CC(N)C(=O)C1(C(=O)CN)CCCC1(N)C(=O)O. The predicted octanol–water partition coefficient (Wildman–Crippen LogP) is -1.62. The molecule has 1 aliphatic rings. The standard InChI is InChI=1S/C11H19N3O4/c1-6(13)8(16)10(7(15)5-12)3-2-4-11(10,14)9(17)18/h6H,2-5,12-14H2,1H3,(H,17,18). The summed E-state index contributed by atoms with van der Waals surface area (Å²) in [5.41, 5.74) is 13.0. The Hall–Kier alpha value is -1.31. The largest absolute Gasteiger partial charge is 0.480 e. The number of hydrogen-bond acceptors (Lipinski definition) is 6. The van der Waals surface area contributed by atoms with Crippen LogP contribution in [0, 0.1) is 5.41 Å². The average molecular weight is 257 g/mol. The minimum Gasteiger partial charge on any atom is -0.480 e. The summed E-state index contributed by atoms with van der Waals surface area (Å²) in [7, 11) is 0. The van der Waals surface area contributed by atoms with Crippen molar-refractivity contribution >= 4 is 17.5 Å². The lowest BCUT2D eigenvalue weighted by atomic mass is 9.65. The van der Waals surface area contributed by atoms with Gasteiger partial charge in [-0.25, -0.2) is 0 Å². The zero-order chi connectivity index (χ0) is 14.1. The summed E-state index contributed by atoms with van der Waals surface area (Å²) in [4.78, 5) is 35.7. The molecule has 3 atom stereocenters. The number of ketones is 2. The van der Waals surface area contributed by atoms with Crippen LogP contribution in [0.15, 0.2) is 0 Å². The minimum atomic E-state index is -1.91. The third kappa shape index (κ3) is 1.75. The van der Waals surface area contributed by atoms with Crippen LogP contribution in [-0.4, -0.2) is 40.8 Å². The van der Waals surface area contributed by atoms with Gasteiger partial charge >= 0.3 is 5.97 Å². The maximum atomic E-state index is 12.2. The van der Waals surface area contributed by atoms with Crippen molar-refractivity contribution in [1.29, 1.82) is 0 Å². The smallest absolute Gasteiger partial charge is 0.325 e. The number of carbonyl (C=O) groups excluding carboxylic acids is 2. The molecule has 0 amide bonds. The van der Waals surface area contributed by atoms with Crippen molar-refractivity contribution in [2.45, 2.75) is 37.8 Å². The van der Waals surface area contributed by atoms with Gasteiger partial charge in [-0.2, -0.15) is 0 Å². The highest BCUT2D eigenvalue weighted by Crippen LogP contribution is 2.47. The van der Waals surface area contributed by atoms with Crippen LogP contribution in [0.25, 0.3) is 0 Å². The van der Waals surface area contributed by atoms with Gasteiger partial charge in [-0.3, -0.25) is 14.4 Å². The molecular formula is C11H19N3O4. The third-order valence-electron chi connectivity index (χ3n) is 3.76. The lowest BCUT2D eigenvalue weighted by molar-refractivity contribution is -0.158. The van der Waals surface area contributed by atoms with Gasteiger partial charge in [0.2, 0.25) is 0 Å². The molecule has 1 aliphatic carbocycles. The van der Waals surface area contributed by atoms with Crippen molar-refractivity contribution in [3.63, 3.8) is 0 Å². The van der Waals surface area contributed by atoms with Gasteiger partial charge in [0, 0.05) is 0 Å². The normalized spacial score (nSPS) is 33.1. The van der Waals surface area contributed by atoms with Gasteiger partial charge in [0.05, 0.1) is 12.6 Å². The van der Waals surface area contributed by atoms with E-state index in [9.17, 15) is 19.5 Å². The lowest BCUT2D eigenvalue weighted by Gasteiger charge is -2.38. The van der Waals surface area contributed by atoms with E-state index in [1.807, 2.05) is 0 Å². The summed E-state index contributed by atoms with van der Waals surface area (Å²) in [5, 5.41) is 9.27. The Morgan fingerprint density at radius 2 is 1.89 bits per heavy atom. The summed E-state index contributed by atoms with van der Waals surface area (Å²) in [6, 6.07) is -0.958. The molecule has 7 nitrogen and oxygen atoms in total. The summed E-state index contributed by atoms with van der Waals surface area (Å²) in [6.45, 7) is 0.985. The van der Waals surface area contributed by atoms with Crippen LogP contribution in [0.2, 0.25) is 0 Å². The number of hydrogen-bond donors (Lipinski definition) is 4. The fourth-order valence-corrected chi connectivity index (χ4v) is 2.79. The second kappa shape index (κ2) is 4.75. The first-order chi connectivity index (χ1) is 8.24. The van der Waals surface area contributed by atoms with Crippen LogP contribution in [0.5, 0.6) is 0 Å². The van der Waals surface area contributed by atoms with Gasteiger partial charge in [0.1, 0.15) is 11.0 Å². The van der Waals surface area contributed by atoms with Crippen molar-refractivity contribution in [3.8, 4) is 0 Å². The van der Waals surface area contributed by atoms with Crippen LogP contribution in [-0.2, 0) is 14.4 Å². The highest BCUT2D eigenvalue weighted by molar-refractivity contribution is 6.15. The minimum absolute atomic E-state index is 0.0620. The van der Waals surface area contributed by atoms with Crippen molar-refractivity contribution in [2.24, 2.45) is 22.6 Å². The molecule has 0 radical (unpaired) electrons. The molecule has 0 spiro atoms. The van der Waals surface area contributed by atoms with Gasteiger partial charge in [0.15, 0.2) is 11.6 Å². The molecule has 7 N–H and O–H groups in total. The van der Waals surface area contributed by atoms with E-state index in [4.69, 9.17) is 17.2 Å². The molecule has 0 aromatic carbocycles. The molecular weight excluding hydrogens is 238 g/mol. The van der Waals surface area contributed by atoms with E-state index in [-0.39, 0.29) is 12.8 Å². The fraction of sp³-hybridized carbons (Fsp3) is 0.727. The second-order valence-corrected chi connectivity index (χ2v) is 4.82. The van der Waals surface area contributed by atoms with Crippen LogP contribution < -0.4 is 17.2 Å². The molecule has 102 valence electrons. The van der Waals surface area contributed by atoms with Crippen molar-refractivity contribution in [3.05, 3.63) is 0 Å². The molecule has 3 unspecified atom stereocenters. The second-order valence-electron chi connectivity index (χ2n) is 4.82. The maximum absolute atomic E-state index is 12.2. The number of aliphatic carboxylic acids is 1. The highest BCUT2D eigenvalue weighted by Gasteiger charge is 2.65. The molecule has 0 aromatic rings. The molecule has 0 aromatic heterocycles. The maximum Gasteiger partial charge on any atom is 0.325 e. The average Bonchev–Trinajstić information content (AvgIpc) is 2.67. The quantitative estimate of drug-likeness (QED) is 0.432. The molecule has 1 saturated carbocycles. The van der Waals surface area contributed by atoms with Gasteiger partial charge in [0.25, 0.3) is 0 Å². The van der Waals surface area contributed by atoms with Crippen molar-refractivity contribution in [2.75, 3.05) is 6.54 Å². The molecule has 7 heteroatoms. The van der Waals surface area contributed by atoms with Gasteiger partial charge in [-0.1, -0.05) is 0 Å². The zero-order valence-corrected chi connectivity index (χ0v) is 10.3. The summed E-state index contributed by atoms with van der Waals surface area (Å²) in [6.07, 6.45) is 0.533. The third-order valence-corrected chi connectivity index (χ3v) is 3.76. The monoisotopic (exact) mass is 257 g/mol. The Balaban J connectivity index is 3.42. The number of carboxylic acids is 1. The molecule has 0 saturated heterocycles. The van der Waals surface area contributed by atoms with E-state index >= 15 is 0 Å². The molecule has 1 fully saturated rings. The predicted molar refractivity (Wildman–Crippen MR) is 63.6 cm³/mol. The van der Waals surface area contributed by atoms with E-state index in [0.717, 1.165) is 0 Å². The highest BCUT2D eigenvalue weighted by atomic mass is 16.4. The molecule has 18 heavy (non-hydrogen) atoms.